The molecular formula is C23H27N5O5S. The molecule has 0 bridgehead atoms. The Labute approximate surface area is 198 Å². The van der Waals surface area contributed by atoms with Gasteiger partial charge in [0.2, 0.25) is 15.9 Å². The second-order valence-electron chi connectivity index (χ2n) is 8.07. The lowest BCUT2D eigenvalue weighted by molar-refractivity contribution is -0.126. The first-order chi connectivity index (χ1) is 16.5. The summed E-state index contributed by atoms with van der Waals surface area (Å²) in [5, 5.41) is 15.0. The number of hydrogen-bond donors (Lipinski definition) is 2. The minimum absolute atomic E-state index is 0.101. The Morgan fingerprint density at radius 3 is 2.68 bits per heavy atom. The molecule has 2 aliphatic rings. The summed E-state index contributed by atoms with van der Waals surface area (Å²) < 4.78 is 38.9. The number of nitrogens with zero attached hydrogens (tertiary/aromatic N) is 3. The summed E-state index contributed by atoms with van der Waals surface area (Å²) in [5.74, 6) is 1.12. The van der Waals surface area contributed by atoms with Crippen LogP contribution in [0.3, 0.4) is 0 Å². The Bertz CT molecular complexity index is 1170. The maximum absolute atomic E-state index is 13.1. The van der Waals surface area contributed by atoms with E-state index in [0.29, 0.717) is 62.0 Å². The maximum atomic E-state index is 13.1. The first-order valence-corrected chi connectivity index (χ1v) is 12.7. The zero-order valence-corrected chi connectivity index (χ0v) is 19.5. The number of hydrogen-bond acceptors (Lipinski definition) is 8. The summed E-state index contributed by atoms with van der Waals surface area (Å²) in [5.41, 5.74) is 0.441. The molecule has 34 heavy (non-hydrogen) atoms. The van der Waals surface area contributed by atoms with Crippen LogP contribution in [0.2, 0.25) is 0 Å². The lowest BCUT2D eigenvalue weighted by Gasteiger charge is -2.30. The van der Waals surface area contributed by atoms with Crippen molar-refractivity contribution in [3.05, 3.63) is 42.1 Å². The van der Waals surface area contributed by atoms with E-state index in [1.165, 1.54) is 16.4 Å². The summed E-state index contributed by atoms with van der Waals surface area (Å²) in [6.07, 6.45) is 3.23. The number of rotatable bonds is 7. The molecule has 180 valence electrons. The van der Waals surface area contributed by atoms with Gasteiger partial charge in [-0.05, 0) is 37.1 Å². The normalized spacial score (nSPS) is 16.8. The number of piperidine rings is 1. The highest BCUT2D eigenvalue weighted by Gasteiger charge is 2.32. The van der Waals surface area contributed by atoms with Crippen molar-refractivity contribution >= 4 is 21.7 Å². The summed E-state index contributed by atoms with van der Waals surface area (Å²) in [6, 6.07) is 10.1. The number of fused-ring (bicyclic) bond motifs is 1. The van der Waals surface area contributed by atoms with E-state index in [-0.39, 0.29) is 29.8 Å². The highest BCUT2D eigenvalue weighted by atomic mass is 32.2. The molecule has 11 heteroatoms. The molecule has 0 radical (unpaired) electrons. The van der Waals surface area contributed by atoms with E-state index in [4.69, 9.17) is 14.7 Å². The summed E-state index contributed by atoms with van der Waals surface area (Å²) >= 11 is 0. The van der Waals surface area contributed by atoms with E-state index in [9.17, 15) is 13.2 Å². The van der Waals surface area contributed by atoms with Crippen molar-refractivity contribution in [1.29, 1.82) is 5.26 Å². The summed E-state index contributed by atoms with van der Waals surface area (Å²) in [4.78, 5) is 16.8. The molecule has 3 heterocycles. The number of sulfonamides is 1. The van der Waals surface area contributed by atoms with Crippen molar-refractivity contribution in [3.8, 4) is 17.6 Å². The van der Waals surface area contributed by atoms with Gasteiger partial charge in [0.1, 0.15) is 11.9 Å². The number of aromatic nitrogens is 1. The number of nitriles is 1. The van der Waals surface area contributed by atoms with E-state index >= 15 is 0 Å². The summed E-state index contributed by atoms with van der Waals surface area (Å²) in [7, 11) is -3.69. The molecule has 0 aliphatic carbocycles. The van der Waals surface area contributed by atoms with Gasteiger partial charge < -0.3 is 20.1 Å². The number of nitrogens with one attached hydrogen (secondary N) is 2. The largest absolute Gasteiger partial charge is 0.490 e. The molecule has 1 fully saturated rings. The molecule has 10 nitrogen and oxygen atoms in total. The Hall–Kier alpha value is -3.36. The van der Waals surface area contributed by atoms with Crippen LogP contribution >= 0.6 is 0 Å². The van der Waals surface area contributed by atoms with Crippen LogP contribution in [0, 0.1) is 17.2 Å². The van der Waals surface area contributed by atoms with Gasteiger partial charge in [0, 0.05) is 50.8 Å². The first kappa shape index (κ1) is 23.8. The van der Waals surface area contributed by atoms with Crippen molar-refractivity contribution in [2.24, 2.45) is 5.92 Å². The van der Waals surface area contributed by atoms with Crippen LogP contribution in [0.4, 0.5) is 5.82 Å². The second-order valence-corrected chi connectivity index (χ2v) is 10.0. The van der Waals surface area contributed by atoms with Crippen LogP contribution in [-0.2, 0) is 14.8 Å². The van der Waals surface area contributed by atoms with Crippen LogP contribution in [0.25, 0.3) is 0 Å². The number of carbonyl (C=O) groups excluding carboxylic acids is 1. The Morgan fingerprint density at radius 2 is 1.91 bits per heavy atom. The van der Waals surface area contributed by atoms with Crippen LogP contribution in [0.1, 0.15) is 24.8 Å². The van der Waals surface area contributed by atoms with Gasteiger partial charge in [-0.15, -0.1) is 0 Å². The molecule has 0 atom stereocenters. The van der Waals surface area contributed by atoms with E-state index in [2.05, 4.69) is 21.7 Å². The molecule has 2 aromatic rings. The maximum Gasteiger partial charge on any atom is 0.243 e. The molecule has 1 saturated heterocycles. The van der Waals surface area contributed by atoms with Crippen molar-refractivity contribution in [1.82, 2.24) is 14.6 Å². The highest BCUT2D eigenvalue weighted by Crippen LogP contribution is 2.33. The smallest absolute Gasteiger partial charge is 0.243 e. The SMILES string of the molecule is N#Cc1cccnc1NCCNC(=O)C1CCN(S(=O)(=O)c2ccc3c(c2)OCCCO3)CC1. The third kappa shape index (κ3) is 5.40. The molecule has 0 saturated carbocycles. The van der Waals surface area contributed by atoms with Crippen molar-refractivity contribution < 1.29 is 22.7 Å². The molecule has 1 amide bonds. The van der Waals surface area contributed by atoms with Gasteiger partial charge in [-0.3, -0.25) is 4.79 Å². The Kier molecular flexibility index (Phi) is 7.49. The van der Waals surface area contributed by atoms with Gasteiger partial charge in [0.05, 0.1) is 23.7 Å². The van der Waals surface area contributed by atoms with E-state index in [0.717, 1.165) is 6.42 Å². The van der Waals surface area contributed by atoms with E-state index < -0.39 is 10.0 Å². The van der Waals surface area contributed by atoms with Gasteiger partial charge in [0.25, 0.3) is 0 Å². The average Bonchev–Trinajstić information content (AvgIpc) is 3.12. The molecule has 1 aromatic carbocycles. The lowest BCUT2D eigenvalue weighted by Crippen LogP contribution is -2.43. The molecule has 0 unspecified atom stereocenters. The van der Waals surface area contributed by atoms with Crippen LogP contribution in [-0.4, -0.2) is 63.0 Å². The number of anilines is 1. The number of amides is 1. The minimum Gasteiger partial charge on any atom is -0.490 e. The van der Waals surface area contributed by atoms with Crippen molar-refractivity contribution in [3.63, 3.8) is 0 Å². The zero-order valence-electron chi connectivity index (χ0n) is 18.7. The average molecular weight is 486 g/mol. The number of carbonyl (C=O) groups is 1. The third-order valence-corrected chi connectivity index (χ3v) is 7.72. The minimum atomic E-state index is -3.69. The molecule has 2 aliphatic heterocycles. The molecule has 4 rings (SSSR count). The molecule has 2 N–H and O–H groups in total. The first-order valence-electron chi connectivity index (χ1n) is 11.3. The predicted octanol–water partition coefficient (Wildman–Crippen LogP) is 1.74. The van der Waals surface area contributed by atoms with Gasteiger partial charge in [-0.1, -0.05) is 0 Å². The molecule has 1 aromatic heterocycles. The Balaban J connectivity index is 1.27. The Morgan fingerprint density at radius 1 is 1.15 bits per heavy atom. The second kappa shape index (κ2) is 10.7. The number of benzene rings is 1. The van der Waals surface area contributed by atoms with Gasteiger partial charge in [0.15, 0.2) is 11.5 Å². The highest BCUT2D eigenvalue weighted by molar-refractivity contribution is 7.89. The number of ether oxygens (including phenoxy) is 2. The zero-order chi connectivity index (χ0) is 24.0. The molecular weight excluding hydrogens is 458 g/mol. The van der Waals surface area contributed by atoms with Gasteiger partial charge >= 0.3 is 0 Å². The van der Waals surface area contributed by atoms with Crippen LogP contribution < -0.4 is 20.1 Å². The fourth-order valence-corrected chi connectivity index (χ4v) is 5.44. The topological polar surface area (TPSA) is 134 Å². The quantitative estimate of drug-likeness (QED) is 0.567. The van der Waals surface area contributed by atoms with Crippen molar-refractivity contribution in [2.45, 2.75) is 24.2 Å². The van der Waals surface area contributed by atoms with Gasteiger partial charge in [-0.25, -0.2) is 13.4 Å². The molecule has 0 spiro atoms. The van der Waals surface area contributed by atoms with Gasteiger partial charge in [-0.2, -0.15) is 9.57 Å². The van der Waals surface area contributed by atoms with Crippen molar-refractivity contribution in [2.75, 3.05) is 44.7 Å². The fraction of sp³-hybridized carbons (Fsp3) is 0.435. The number of pyridine rings is 1. The third-order valence-electron chi connectivity index (χ3n) is 5.83. The van der Waals surface area contributed by atoms with Crippen LogP contribution in [0.5, 0.6) is 11.5 Å². The van der Waals surface area contributed by atoms with Crippen LogP contribution in [0.15, 0.2) is 41.4 Å². The predicted molar refractivity (Wildman–Crippen MR) is 124 cm³/mol. The monoisotopic (exact) mass is 485 g/mol. The van der Waals surface area contributed by atoms with E-state index in [1.54, 1.807) is 24.4 Å². The summed E-state index contributed by atoms with van der Waals surface area (Å²) in [6.45, 7) is 2.35. The lowest BCUT2D eigenvalue weighted by atomic mass is 9.97. The fourth-order valence-electron chi connectivity index (χ4n) is 3.96. The van der Waals surface area contributed by atoms with E-state index in [1.807, 2.05) is 0 Å². The standard InChI is InChI=1S/C23H27N5O5S/c24-16-18-3-1-8-25-22(18)26-9-10-27-23(29)17-6-11-28(12-7-17)34(30,31)19-4-5-20-21(15-19)33-14-2-13-32-20/h1,3-5,8,15,17H,2,6-7,9-14H2,(H,25,26)(H,27,29).